The minimum atomic E-state index is -1.64. The third kappa shape index (κ3) is 5.91. The normalized spacial score (nSPS) is 10.3. The van der Waals surface area contributed by atoms with Gasteiger partial charge in [-0.15, -0.1) is 81.2 Å². The van der Waals surface area contributed by atoms with E-state index >= 15 is 0 Å². The van der Waals surface area contributed by atoms with Crippen molar-refractivity contribution in [1.82, 2.24) is 0 Å². The van der Waals surface area contributed by atoms with Crippen LogP contribution in [0.2, 0.25) is 0 Å². The van der Waals surface area contributed by atoms with Crippen molar-refractivity contribution < 1.29 is 15.3 Å². The van der Waals surface area contributed by atoms with Gasteiger partial charge in [0.05, 0.1) is 0 Å². The van der Waals surface area contributed by atoms with Crippen LogP contribution in [0, 0.1) is 41.5 Å². The molecule has 0 amide bonds. The Kier molecular flexibility index (Phi) is 8.28. The van der Waals surface area contributed by atoms with E-state index in [4.69, 9.17) is 18.6 Å². The fourth-order valence-electron chi connectivity index (χ4n) is 3.35. The summed E-state index contributed by atoms with van der Waals surface area (Å²) >= 11 is -1.64. The summed E-state index contributed by atoms with van der Waals surface area (Å²) in [5.41, 5.74) is 8.33. The molecule has 4 aromatic rings. The SMILES string of the molecule is Cc1ccc2[cH-]c(C)c(C)c2c1.Cc1ccc2[cH-]c(C)c(C)c2c1.[CH2]=[Ti]([Cl])[Cl]. The number of hydrogen-bond acceptors (Lipinski definition) is 0. The van der Waals surface area contributed by atoms with Crippen LogP contribution in [-0.4, -0.2) is 4.82 Å². The Morgan fingerprint density at radius 2 is 1.00 bits per heavy atom. The van der Waals surface area contributed by atoms with Crippen molar-refractivity contribution in [3.05, 3.63) is 81.9 Å². The fourth-order valence-corrected chi connectivity index (χ4v) is 3.35. The third-order valence-corrected chi connectivity index (χ3v) is 5.15. The van der Waals surface area contributed by atoms with Gasteiger partial charge < -0.3 is 0 Å². The van der Waals surface area contributed by atoms with Crippen LogP contribution in [0.15, 0.2) is 48.5 Å². The van der Waals surface area contributed by atoms with Crippen molar-refractivity contribution in [3.8, 4) is 0 Å². The van der Waals surface area contributed by atoms with Crippen LogP contribution in [-0.2, 0) is 15.3 Å². The maximum absolute atomic E-state index is 5.10. The van der Waals surface area contributed by atoms with Gasteiger partial charge in [-0.1, -0.05) is 38.8 Å². The van der Waals surface area contributed by atoms with Gasteiger partial charge in [-0.25, -0.2) is 0 Å². The van der Waals surface area contributed by atoms with E-state index in [-0.39, 0.29) is 0 Å². The average molecular weight is 447 g/mol. The molecule has 0 nitrogen and oxygen atoms in total. The van der Waals surface area contributed by atoms with Crippen molar-refractivity contribution >= 4 is 45.0 Å². The third-order valence-electron chi connectivity index (χ3n) is 5.15. The summed E-state index contributed by atoms with van der Waals surface area (Å²) in [6.07, 6.45) is 0. The molecule has 0 radical (unpaired) electrons. The van der Waals surface area contributed by atoms with Gasteiger partial charge in [-0.05, 0) is 13.8 Å². The standard InChI is InChI=1S/2C12H13.CH2.2ClH.Ti/c2*1-8-4-5-11-7-9(2)10(3)12(11)6-8;;;;/h2*4-7H,1-3H3;1H2;2*1H;/q2*-1;;;;+2/p-2. The summed E-state index contributed by atoms with van der Waals surface area (Å²) < 4.78 is 0. The van der Waals surface area contributed by atoms with Crippen molar-refractivity contribution in [2.45, 2.75) is 41.5 Å². The van der Waals surface area contributed by atoms with E-state index in [1.165, 1.54) is 54.9 Å². The van der Waals surface area contributed by atoms with Gasteiger partial charge in [0.25, 0.3) is 0 Å². The first kappa shape index (κ1) is 23.1. The topological polar surface area (TPSA) is 0 Å². The molecule has 0 spiro atoms. The Bertz CT molecular complexity index is 1020. The van der Waals surface area contributed by atoms with Crippen molar-refractivity contribution in [2.24, 2.45) is 0 Å². The van der Waals surface area contributed by atoms with Gasteiger partial charge in [0.1, 0.15) is 0 Å². The second kappa shape index (κ2) is 10.0. The van der Waals surface area contributed by atoms with Gasteiger partial charge >= 0.3 is 38.7 Å². The summed E-state index contributed by atoms with van der Waals surface area (Å²) in [6.45, 7) is 13.0. The molecule has 0 aliphatic heterocycles. The number of fused-ring (bicyclic) bond motifs is 2. The van der Waals surface area contributed by atoms with E-state index in [0.717, 1.165) is 0 Å². The van der Waals surface area contributed by atoms with Gasteiger partial charge in [-0.3, -0.25) is 0 Å². The zero-order valence-electron chi connectivity index (χ0n) is 17.6. The van der Waals surface area contributed by atoms with Crippen LogP contribution in [0.1, 0.15) is 33.4 Å². The van der Waals surface area contributed by atoms with E-state index < -0.39 is 15.3 Å². The zero-order valence-corrected chi connectivity index (χ0v) is 20.7. The summed E-state index contributed by atoms with van der Waals surface area (Å²) in [5.74, 6) is 0. The van der Waals surface area contributed by atoms with E-state index in [9.17, 15) is 0 Å². The molecule has 0 N–H and O–H groups in total. The van der Waals surface area contributed by atoms with Crippen molar-refractivity contribution in [3.63, 3.8) is 0 Å². The first-order valence-electron chi connectivity index (χ1n) is 9.36. The van der Waals surface area contributed by atoms with Crippen molar-refractivity contribution in [1.29, 1.82) is 0 Å². The molecule has 148 valence electrons. The molecule has 28 heavy (non-hydrogen) atoms. The van der Waals surface area contributed by atoms with E-state index in [0.29, 0.717) is 0 Å². The molecule has 4 aromatic carbocycles. The fraction of sp³-hybridized carbons (Fsp3) is 0.240. The number of rotatable bonds is 0. The molecule has 0 unspecified atom stereocenters. The molecule has 0 fully saturated rings. The molecule has 3 heteroatoms. The molecule has 0 bridgehead atoms. The summed E-state index contributed by atoms with van der Waals surface area (Å²) in [6, 6.07) is 17.8. The molecule has 0 aromatic heterocycles. The van der Waals surface area contributed by atoms with Gasteiger partial charge in [0.2, 0.25) is 0 Å². The predicted octanol–water partition coefficient (Wildman–Crippen LogP) is 8.31. The van der Waals surface area contributed by atoms with Crippen LogP contribution in [0.5, 0.6) is 0 Å². The quantitative estimate of drug-likeness (QED) is 0.188. The first-order chi connectivity index (χ1) is 13.1. The first-order valence-corrected chi connectivity index (χ1v) is 14.8. The molecular weight excluding hydrogens is 419 g/mol. The number of benzene rings is 2. The Balaban J connectivity index is 0.000000169. The van der Waals surface area contributed by atoms with Gasteiger partial charge in [0, 0.05) is 0 Å². The average Bonchev–Trinajstić information content (AvgIpc) is 3.05. The summed E-state index contributed by atoms with van der Waals surface area (Å²) in [5, 5.41) is 5.56. The number of halogens is 2. The molecule has 0 heterocycles. The maximum atomic E-state index is 5.10. The monoisotopic (exact) mass is 446 g/mol. The van der Waals surface area contributed by atoms with Crippen LogP contribution in [0.4, 0.5) is 0 Å². The molecule has 4 rings (SSSR count). The molecular formula is C25H28Cl2Ti-2. The Hall–Kier alpha value is -1.18. The number of hydrogen-bond donors (Lipinski definition) is 0. The van der Waals surface area contributed by atoms with E-state index in [1.807, 2.05) is 0 Å². The van der Waals surface area contributed by atoms with Crippen LogP contribution in [0.25, 0.3) is 21.5 Å². The minimum absolute atomic E-state index is 1.34. The van der Waals surface area contributed by atoms with Crippen LogP contribution < -0.4 is 0 Å². The number of aryl methyl sites for hydroxylation is 6. The van der Waals surface area contributed by atoms with Gasteiger partial charge in [-0.2, -0.15) is 11.1 Å². The van der Waals surface area contributed by atoms with Crippen molar-refractivity contribution in [2.75, 3.05) is 0 Å². The zero-order chi connectivity index (χ0) is 21.0. The predicted molar refractivity (Wildman–Crippen MR) is 126 cm³/mol. The molecule has 0 aliphatic carbocycles. The Morgan fingerprint density at radius 1 is 0.679 bits per heavy atom. The molecule has 0 saturated carbocycles. The van der Waals surface area contributed by atoms with Crippen LogP contribution in [0.3, 0.4) is 0 Å². The second-order valence-corrected chi connectivity index (χ2v) is 13.0. The molecule has 0 aliphatic rings. The van der Waals surface area contributed by atoms with E-state index in [2.05, 4.69) is 94.9 Å². The molecule has 0 saturated heterocycles. The van der Waals surface area contributed by atoms with E-state index in [1.54, 1.807) is 0 Å². The Labute approximate surface area is 182 Å². The Morgan fingerprint density at radius 3 is 1.32 bits per heavy atom. The second-order valence-electron chi connectivity index (χ2n) is 7.42. The van der Waals surface area contributed by atoms with Gasteiger partial charge in [0.15, 0.2) is 0 Å². The molecule has 0 atom stereocenters. The summed E-state index contributed by atoms with van der Waals surface area (Å²) in [4.78, 5) is 3.34. The van der Waals surface area contributed by atoms with Crippen LogP contribution >= 0.6 is 18.6 Å². The summed E-state index contributed by atoms with van der Waals surface area (Å²) in [7, 11) is 10.2.